The van der Waals surface area contributed by atoms with Crippen LogP contribution in [-0.2, 0) is 9.84 Å². The molecular weight excluding hydrogens is 264 g/mol. The predicted octanol–water partition coefficient (Wildman–Crippen LogP) is 0.689. The van der Waals surface area contributed by atoms with Gasteiger partial charge in [-0.2, -0.15) is 11.8 Å². The summed E-state index contributed by atoms with van der Waals surface area (Å²) in [5.74, 6) is 1.52. The fraction of sp³-hybridized carbons (Fsp3) is 0.889. The van der Waals surface area contributed by atoms with Gasteiger partial charge in [-0.05, 0) is 26.1 Å². The summed E-state index contributed by atoms with van der Waals surface area (Å²) in [6.45, 7) is 4.67. The van der Waals surface area contributed by atoms with Gasteiger partial charge in [0.25, 0.3) is 0 Å². The molecule has 1 unspecified atom stereocenters. The lowest BCUT2D eigenvalue weighted by Crippen LogP contribution is -2.54. The average molecular weight is 282 g/mol. The van der Waals surface area contributed by atoms with E-state index < -0.39 is 15.2 Å². The molecule has 1 atom stereocenters. The van der Waals surface area contributed by atoms with E-state index in [0.717, 1.165) is 5.75 Å². The van der Waals surface area contributed by atoms with Gasteiger partial charge in [0.1, 0.15) is 5.37 Å². The number of hydrogen-bond acceptors (Lipinski definition) is 4. The summed E-state index contributed by atoms with van der Waals surface area (Å²) >= 11 is 6.90. The number of nitrogens with zero attached hydrogens (tertiary/aromatic N) is 1. The topological polar surface area (TPSA) is 49.4 Å². The first kappa shape index (κ1) is 14.1. The van der Waals surface area contributed by atoms with Crippen LogP contribution < -0.4 is 5.32 Å². The van der Waals surface area contributed by atoms with Gasteiger partial charge in [0.2, 0.25) is 0 Å². The van der Waals surface area contributed by atoms with E-state index in [9.17, 15) is 8.42 Å². The van der Waals surface area contributed by atoms with Crippen molar-refractivity contribution in [3.63, 3.8) is 0 Å². The fourth-order valence-electron chi connectivity index (χ4n) is 1.50. The van der Waals surface area contributed by atoms with Crippen LogP contribution >= 0.6 is 24.0 Å². The molecule has 0 saturated carbocycles. The Morgan fingerprint density at radius 2 is 2.19 bits per heavy atom. The molecule has 0 bridgehead atoms. The van der Waals surface area contributed by atoms with Crippen LogP contribution in [0.1, 0.15) is 13.8 Å². The van der Waals surface area contributed by atoms with E-state index in [-0.39, 0.29) is 6.04 Å². The van der Waals surface area contributed by atoms with Crippen molar-refractivity contribution >= 4 is 38.9 Å². The molecule has 0 spiro atoms. The summed E-state index contributed by atoms with van der Waals surface area (Å²) in [6, 6.07) is 0.224. The fourth-order valence-corrected chi connectivity index (χ4v) is 4.84. The first-order valence-electron chi connectivity index (χ1n) is 5.16. The lowest BCUT2D eigenvalue weighted by molar-refractivity contribution is 0.400. The normalized spacial score (nSPS) is 22.2. The van der Waals surface area contributed by atoms with E-state index in [2.05, 4.69) is 5.32 Å². The molecule has 4 nitrogen and oxygen atoms in total. The molecule has 1 fully saturated rings. The smallest absolute Gasteiger partial charge is 0.170 e. The van der Waals surface area contributed by atoms with Crippen molar-refractivity contribution in [2.45, 2.75) is 25.3 Å². The van der Waals surface area contributed by atoms with Crippen LogP contribution in [0.15, 0.2) is 0 Å². The molecule has 1 N–H and O–H groups in total. The molecule has 0 aromatic carbocycles. The second-order valence-corrected chi connectivity index (χ2v) is 7.90. The summed E-state index contributed by atoms with van der Waals surface area (Å²) in [4.78, 5) is 1.79. The van der Waals surface area contributed by atoms with Gasteiger partial charge in [0.15, 0.2) is 14.9 Å². The van der Waals surface area contributed by atoms with E-state index in [1.807, 2.05) is 13.8 Å². The monoisotopic (exact) mass is 282 g/mol. The van der Waals surface area contributed by atoms with Gasteiger partial charge in [-0.25, -0.2) is 8.42 Å². The quantitative estimate of drug-likeness (QED) is 0.752. The Morgan fingerprint density at radius 1 is 1.56 bits per heavy atom. The second kappa shape index (κ2) is 5.55. The Morgan fingerprint density at radius 3 is 2.69 bits per heavy atom. The molecular formula is C9H18N2O2S3. The summed E-state index contributed by atoms with van der Waals surface area (Å²) in [6.07, 6.45) is 1.27. The molecule has 0 radical (unpaired) electrons. The van der Waals surface area contributed by atoms with Gasteiger partial charge in [0, 0.05) is 30.3 Å². The van der Waals surface area contributed by atoms with Crippen LogP contribution in [0.25, 0.3) is 0 Å². The Kier molecular flexibility index (Phi) is 4.88. The van der Waals surface area contributed by atoms with Gasteiger partial charge in [0.05, 0.1) is 0 Å². The number of rotatable bonds is 2. The summed E-state index contributed by atoms with van der Waals surface area (Å²) in [5.41, 5.74) is 0. The zero-order valence-corrected chi connectivity index (χ0v) is 12.2. The average Bonchev–Trinajstić information content (AvgIpc) is 2.15. The highest BCUT2D eigenvalue weighted by Gasteiger charge is 2.32. The summed E-state index contributed by atoms with van der Waals surface area (Å²) < 4.78 is 23.3. The van der Waals surface area contributed by atoms with Crippen LogP contribution in [0.2, 0.25) is 0 Å². The maximum atomic E-state index is 11.6. The Labute approximate surface area is 107 Å². The number of sulfone groups is 1. The van der Waals surface area contributed by atoms with Crippen molar-refractivity contribution in [3.8, 4) is 0 Å². The second-order valence-electron chi connectivity index (χ2n) is 4.16. The van der Waals surface area contributed by atoms with Crippen molar-refractivity contribution < 1.29 is 8.42 Å². The van der Waals surface area contributed by atoms with Gasteiger partial charge >= 0.3 is 0 Å². The zero-order chi connectivity index (χ0) is 12.3. The van der Waals surface area contributed by atoms with Crippen LogP contribution in [0.5, 0.6) is 0 Å². The molecule has 1 aliphatic heterocycles. The SMILES string of the molecule is CC(C)NC(=S)N1CCSCC1S(C)(=O)=O. The van der Waals surface area contributed by atoms with Crippen molar-refractivity contribution in [1.82, 2.24) is 10.2 Å². The lowest BCUT2D eigenvalue weighted by atomic mass is 10.4. The minimum Gasteiger partial charge on any atom is -0.360 e. The van der Waals surface area contributed by atoms with Crippen LogP contribution in [-0.4, -0.2) is 54.2 Å². The number of thioether (sulfide) groups is 1. The third-order valence-electron chi connectivity index (χ3n) is 2.25. The number of thiocarbonyl (C=S) groups is 1. The minimum absolute atomic E-state index is 0.224. The van der Waals surface area contributed by atoms with Gasteiger partial charge < -0.3 is 10.2 Å². The number of hydrogen-bond donors (Lipinski definition) is 1. The molecule has 0 aromatic rings. The van der Waals surface area contributed by atoms with Gasteiger partial charge in [-0.1, -0.05) is 0 Å². The highest BCUT2D eigenvalue weighted by atomic mass is 32.2. The highest BCUT2D eigenvalue weighted by Crippen LogP contribution is 2.20. The molecule has 94 valence electrons. The summed E-state index contributed by atoms with van der Waals surface area (Å²) in [5, 5.41) is 3.16. The first-order chi connectivity index (χ1) is 7.32. The molecule has 1 heterocycles. The Balaban J connectivity index is 2.79. The van der Waals surface area contributed by atoms with Crippen molar-refractivity contribution in [1.29, 1.82) is 0 Å². The number of nitrogens with one attached hydrogen (secondary N) is 1. The van der Waals surface area contributed by atoms with E-state index >= 15 is 0 Å². The zero-order valence-electron chi connectivity index (χ0n) is 9.76. The summed E-state index contributed by atoms with van der Waals surface area (Å²) in [7, 11) is -3.08. The maximum Gasteiger partial charge on any atom is 0.170 e. The largest absolute Gasteiger partial charge is 0.360 e. The van der Waals surface area contributed by atoms with Crippen LogP contribution in [0, 0.1) is 0 Å². The lowest BCUT2D eigenvalue weighted by Gasteiger charge is -2.36. The van der Waals surface area contributed by atoms with E-state index in [4.69, 9.17) is 12.2 Å². The molecule has 0 aliphatic carbocycles. The molecule has 0 amide bonds. The standard InChI is InChI=1S/C9H18N2O2S3/c1-7(2)10-9(14)11-4-5-15-6-8(11)16(3,12)13/h7-8H,4-6H2,1-3H3,(H,10,14). The molecule has 1 saturated heterocycles. The Hall–Kier alpha value is -0.0100. The highest BCUT2D eigenvalue weighted by molar-refractivity contribution is 8.00. The van der Waals surface area contributed by atoms with E-state index in [1.165, 1.54) is 6.26 Å². The minimum atomic E-state index is -3.08. The third kappa shape index (κ3) is 3.78. The maximum absolute atomic E-state index is 11.6. The molecule has 7 heteroatoms. The Bertz CT molecular complexity index is 354. The van der Waals surface area contributed by atoms with Crippen LogP contribution in [0.3, 0.4) is 0 Å². The molecule has 0 aromatic heterocycles. The van der Waals surface area contributed by atoms with Crippen molar-refractivity contribution in [3.05, 3.63) is 0 Å². The van der Waals surface area contributed by atoms with Gasteiger partial charge in [-0.15, -0.1) is 0 Å². The molecule has 1 rings (SSSR count). The van der Waals surface area contributed by atoms with Gasteiger partial charge in [-0.3, -0.25) is 0 Å². The predicted molar refractivity (Wildman–Crippen MR) is 73.5 cm³/mol. The first-order valence-corrected chi connectivity index (χ1v) is 8.68. The van der Waals surface area contributed by atoms with E-state index in [1.54, 1.807) is 16.7 Å². The van der Waals surface area contributed by atoms with Crippen molar-refractivity contribution in [2.75, 3.05) is 24.3 Å². The molecule has 1 aliphatic rings. The van der Waals surface area contributed by atoms with E-state index in [0.29, 0.717) is 17.4 Å². The van der Waals surface area contributed by atoms with Crippen LogP contribution in [0.4, 0.5) is 0 Å². The van der Waals surface area contributed by atoms with Crippen molar-refractivity contribution in [2.24, 2.45) is 0 Å². The molecule has 16 heavy (non-hydrogen) atoms. The third-order valence-corrected chi connectivity index (χ3v) is 5.25.